The summed E-state index contributed by atoms with van der Waals surface area (Å²) >= 11 is 0. The van der Waals surface area contributed by atoms with Crippen molar-refractivity contribution >= 4 is 35.8 Å². The van der Waals surface area contributed by atoms with Crippen LogP contribution in [-0.2, 0) is 6.42 Å². The fourth-order valence-electron chi connectivity index (χ4n) is 3.43. The Kier molecular flexibility index (Phi) is 12.9. The Morgan fingerprint density at radius 2 is 1.82 bits per heavy atom. The summed E-state index contributed by atoms with van der Waals surface area (Å²) in [5.41, 5.74) is 1.84. The number of carbonyl (C=O) groups excluding carboxylic acids is 1. The lowest BCUT2D eigenvalue weighted by atomic mass is 10.1. The van der Waals surface area contributed by atoms with Crippen LogP contribution in [0.2, 0.25) is 0 Å². The van der Waals surface area contributed by atoms with Gasteiger partial charge in [0.2, 0.25) is 0 Å². The molecule has 1 fully saturated rings. The Hall–Kier alpha value is -1.35. The number of halogens is 1. The van der Waals surface area contributed by atoms with Crippen molar-refractivity contribution in [1.82, 2.24) is 20.9 Å². The van der Waals surface area contributed by atoms with Crippen molar-refractivity contribution < 1.29 is 4.79 Å². The summed E-state index contributed by atoms with van der Waals surface area (Å²) in [5, 5.41) is 9.41. The molecule has 1 aromatic rings. The molecule has 1 heterocycles. The number of likely N-dealkylation sites (tertiary alicyclic amines) is 1. The molecule has 1 aliphatic heterocycles. The fraction of sp³-hybridized carbons (Fsp3) is 0.619. The first kappa shape index (κ1) is 24.7. The summed E-state index contributed by atoms with van der Waals surface area (Å²) in [7, 11) is 3.45. The summed E-state index contributed by atoms with van der Waals surface area (Å²) in [6.07, 6.45) is 7.44. The lowest BCUT2D eigenvalue weighted by Gasteiger charge is -2.20. The molecule has 3 N–H and O–H groups in total. The normalized spacial score (nSPS) is 15.3. The third kappa shape index (κ3) is 9.23. The van der Waals surface area contributed by atoms with E-state index < -0.39 is 0 Å². The zero-order chi connectivity index (χ0) is 19.3. The number of rotatable bonds is 8. The zero-order valence-corrected chi connectivity index (χ0v) is 19.6. The minimum Gasteiger partial charge on any atom is -0.356 e. The largest absolute Gasteiger partial charge is 0.356 e. The van der Waals surface area contributed by atoms with Crippen LogP contribution in [0.15, 0.2) is 29.3 Å². The maximum absolute atomic E-state index is 11.7. The van der Waals surface area contributed by atoms with E-state index in [4.69, 9.17) is 0 Å². The third-order valence-corrected chi connectivity index (χ3v) is 4.99. The van der Waals surface area contributed by atoms with Crippen molar-refractivity contribution in [2.45, 2.75) is 38.5 Å². The van der Waals surface area contributed by atoms with E-state index in [9.17, 15) is 4.79 Å². The number of aliphatic imine (C=N–C) groups is 1. The maximum atomic E-state index is 11.7. The molecule has 0 bridgehead atoms. The topological polar surface area (TPSA) is 68.8 Å². The Morgan fingerprint density at radius 1 is 1.11 bits per heavy atom. The van der Waals surface area contributed by atoms with Gasteiger partial charge in [-0.3, -0.25) is 9.79 Å². The molecule has 1 saturated heterocycles. The minimum absolute atomic E-state index is 0. The van der Waals surface area contributed by atoms with Crippen molar-refractivity contribution in [1.29, 1.82) is 0 Å². The standard InChI is InChI=1S/C21H35N5O.HI/c1-22-20(27)19-10-7-9-18(17-19)11-13-25-21(23-2)24-12-8-16-26-14-5-3-4-6-15-26;/h7,9-10,17H,3-6,8,11-16H2,1-2H3,(H,22,27)(H2,23,24,25);1H. The number of amides is 1. The summed E-state index contributed by atoms with van der Waals surface area (Å²) in [6, 6.07) is 7.75. The molecule has 158 valence electrons. The predicted octanol–water partition coefficient (Wildman–Crippen LogP) is 2.64. The van der Waals surface area contributed by atoms with Gasteiger partial charge in [-0.25, -0.2) is 0 Å². The van der Waals surface area contributed by atoms with Crippen LogP contribution in [0.3, 0.4) is 0 Å². The van der Waals surface area contributed by atoms with Gasteiger partial charge in [0.15, 0.2) is 5.96 Å². The van der Waals surface area contributed by atoms with E-state index >= 15 is 0 Å². The number of nitrogens with zero attached hydrogens (tertiary/aromatic N) is 2. The van der Waals surface area contributed by atoms with Gasteiger partial charge in [-0.15, -0.1) is 24.0 Å². The van der Waals surface area contributed by atoms with Gasteiger partial charge in [0.05, 0.1) is 0 Å². The number of nitrogens with one attached hydrogen (secondary N) is 3. The number of carbonyl (C=O) groups is 1. The minimum atomic E-state index is -0.0494. The second kappa shape index (κ2) is 14.6. The van der Waals surface area contributed by atoms with E-state index in [1.54, 1.807) is 14.1 Å². The lowest BCUT2D eigenvalue weighted by molar-refractivity contribution is 0.0963. The molecular formula is C21H36IN5O. The van der Waals surface area contributed by atoms with E-state index in [1.165, 1.54) is 38.8 Å². The van der Waals surface area contributed by atoms with Crippen molar-refractivity contribution in [3.05, 3.63) is 35.4 Å². The SMILES string of the molecule is CN=C(NCCCN1CCCCCC1)NCCc1cccc(C(=O)NC)c1.I. The van der Waals surface area contributed by atoms with Crippen molar-refractivity contribution in [3.63, 3.8) is 0 Å². The second-order valence-electron chi connectivity index (χ2n) is 7.06. The van der Waals surface area contributed by atoms with Crippen molar-refractivity contribution in [2.24, 2.45) is 4.99 Å². The van der Waals surface area contributed by atoms with Gasteiger partial charge in [0.25, 0.3) is 5.91 Å². The smallest absolute Gasteiger partial charge is 0.251 e. The number of guanidine groups is 1. The number of hydrogen-bond acceptors (Lipinski definition) is 3. The van der Waals surface area contributed by atoms with Crippen LogP contribution in [0, 0.1) is 0 Å². The number of hydrogen-bond donors (Lipinski definition) is 3. The number of benzene rings is 1. The maximum Gasteiger partial charge on any atom is 0.251 e. The quantitative estimate of drug-likeness (QED) is 0.222. The van der Waals surface area contributed by atoms with Gasteiger partial charge in [0, 0.05) is 32.7 Å². The van der Waals surface area contributed by atoms with Crippen LogP contribution in [-0.4, -0.2) is 63.6 Å². The van der Waals surface area contributed by atoms with E-state index in [1.807, 2.05) is 24.3 Å². The van der Waals surface area contributed by atoms with Crippen LogP contribution in [0.5, 0.6) is 0 Å². The first-order valence-corrected chi connectivity index (χ1v) is 10.2. The highest BCUT2D eigenvalue weighted by Gasteiger charge is 2.08. The van der Waals surface area contributed by atoms with Crippen molar-refractivity contribution in [2.75, 3.05) is 46.8 Å². The molecule has 0 aromatic heterocycles. The van der Waals surface area contributed by atoms with E-state index in [-0.39, 0.29) is 29.9 Å². The fourth-order valence-corrected chi connectivity index (χ4v) is 3.43. The molecule has 2 rings (SSSR count). The molecule has 0 radical (unpaired) electrons. The first-order chi connectivity index (χ1) is 13.2. The molecule has 1 amide bonds. The van der Waals surface area contributed by atoms with Crippen LogP contribution >= 0.6 is 24.0 Å². The van der Waals surface area contributed by atoms with Crippen LogP contribution in [0.4, 0.5) is 0 Å². The molecule has 28 heavy (non-hydrogen) atoms. The molecular weight excluding hydrogens is 465 g/mol. The first-order valence-electron chi connectivity index (χ1n) is 10.2. The highest BCUT2D eigenvalue weighted by molar-refractivity contribution is 14.0. The molecule has 1 aliphatic rings. The van der Waals surface area contributed by atoms with Gasteiger partial charge >= 0.3 is 0 Å². The summed E-state index contributed by atoms with van der Waals surface area (Å²) < 4.78 is 0. The Labute approximate surface area is 187 Å². The van der Waals surface area contributed by atoms with Crippen LogP contribution < -0.4 is 16.0 Å². The average molecular weight is 501 g/mol. The van der Waals surface area contributed by atoms with E-state index in [0.717, 1.165) is 44.0 Å². The van der Waals surface area contributed by atoms with E-state index in [0.29, 0.717) is 5.56 Å². The Bertz CT molecular complexity index is 600. The predicted molar refractivity (Wildman–Crippen MR) is 128 cm³/mol. The van der Waals surface area contributed by atoms with Gasteiger partial charge in [-0.1, -0.05) is 25.0 Å². The third-order valence-electron chi connectivity index (χ3n) is 4.99. The van der Waals surface area contributed by atoms with Gasteiger partial charge in [-0.2, -0.15) is 0 Å². The molecule has 6 nitrogen and oxygen atoms in total. The highest BCUT2D eigenvalue weighted by Crippen LogP contribution is 2.09. The monoisotopic (exact) mass is 501 g/mol. The summed E-state index contributed by atoms with van der Waals surface area (Å²) in [4.78, 5) is 18.6. The molecule has 0 unspecified atom stereocenters. The van der Waals surface area contributed by atoms with Gasteiger partial charge < -0.3 is 20.9 Å². The van der Waals surface area contributed by atoms with Gasteiger partial charge in [-0.05, 0) is 63.0 Å². The lowest BCUT2D eigenvalue weighted by Crippen LogP contribution is -2.39. The van der Waals surface area contributed by atoms with Gasteiger partial charge in [0.1, 0.15) is 0 Å². The molecule has 7 heteroatoms. The van der Waals surface area contributed by atoms with E-state index in [2.05, 4.69) is 25.8 Å². The summed E-state index contributed by atoms with van der Waals surface area (Å²) in [5.74, 6) is 0.792. The Balaban J connectivity index is 0.00000392. The Morgan fingerprint density at radius 3 is 2.50 bits per heavy atom. The highest BCUT2D eigenvalue weighted by atomic mass is 127. The second-order valence-corrected chi connectivity index (χ2v) is 7.06. The van der Waals surface area contributed by atoms with Crippen LogP contribution in [0.25, 0.3) is 0 Å². The molecule has 0 spiro atoms. The molecule has 1 aromatic carbocycles. The molecule has 0 aliphatic carbocycles. The average Bonchev–Trinajstić information content (AvgIpc) is 2.98. The molecule has 0 atom stereocenters. The molecule has 0 saturated carbocycles. The summed E-state index contributed by atoms with van der Waals surface area (Å²) in [6.45, 7) is 5.38. The van der Waals surface area contributed by atoms with Crippen LogP contribution in [0.1, 0.15) is 48.0 Å². The zero-order valence-electron chi connectivity index (χ0n) is 17.3. The van der Waals surface area contributed by atoms with Crippen molar-refractivity contribution in [3.8, 4) is 0 Å².